The molecule has 2 aliphatic carbocycles. The second-order valence-electron chi connectivity index (χ2n) is 6.31. The van der Waals surface area contributed by atoms with E-state index in [1.54, 1.807) is 6.07 Å². The lowest BCUT2D eigenvalue weighted by atomic mass is 9.73. The van der Waals surface area contributed by atoms with Crippen LogP contribution in [0.1, 0.15) is 44.1 Å². The molecule has 0 radical (unpaired) electrons. The first-order valence-electron chi connectivity index (χ1n) is 7.23. The van der Waals surface area contributed by atoms with Crippen LogP contribution in [0.3, 0.4) is 0 Å². The van der Waals surface area contributed by atoms with E-state index in [0.29, 0.717) is 16.5 Å². The molecule has 2 unspecified atom stereocenters. The lowest BCUT2D eigenvalue weighted by Gasteiger charge is -2.37. The van der Waals surface area contributed by atoms with Crippen molar-refractivity contribution in [2.24, 2.45) is 11.8 Å². The van der Waals surface area contributed by atoms with E-state index in [-0.39, 0.29) is 0 Å². The van der Waals surface area contributed by atoms with Crippen LogP contribution in [0.25, 0.3) is 0 Å². The van der Waals surface area contributed by atoms with Crippen LogP contribution in [0, 0.1) is 11.8 Å². The predicted molar refractivity (Wildman–Crippen MR) is 79.8 cm³/mol. The molecule has 1 N–H and O–H groups in total. The van der Waals surface area contributed by atoms with E-state index in [9.17, 15) is 5.11 Å². The van der Waals surface area contributed by atoms with Crippen molar-refractivity contribution < 1.29 is 5.11 Å². The molecule has 3 rings (SSSR count). The first-order valence-corrected chi connectivity index (χ1v) is 7.98. The van der Waals surface area contributed by atoms with Crippen LogP contribution in [-0.2, 0) is 6.42 Å². The minimum atomic E-state index is -0.584. The van der Waals surface area contributed by atoms with Gasteiger partial charge >= 0.3 is 0 Å². The summed E-state index contributed by atoms with van der Waals surface area (Å²) in [5.74, 6) is 1.60. The van der Waals surface area contributed by atoms with Gasteiger partial charge in [0.25, 0.3) is 0 Å². The molecule has 0 amide bonds. The van der Waals surface area contributed by atoms with Crippen molar-refractivity contribution in [1.29, 1.82) is 0 Å². The minimum absolute atomic E-state index is 0.581. The SMILES string of the molecule is OC1(Cc2cccc(Cl)c2Cl)CCCC(C2CC2)C1. The highest BCUT2D eigenvalue weighted by atomic mass is 35.5. The molecule has 0 spiro atoms. The molecule has 2 fully saturated rings. The molecule has 2 aliphatic rings. The van der Waals surface area contributed by atoms with Crippen molar-refractivity contribution in [3.63, 3.8) is 0 Å². The Morgan fingerprint density at radius 3 is 2.68 bits per heavy atom. The first kappa shape index (κ1) is 13.7. The van der Waals surface area contributed by atoms with Gasteiger partial charge in [-0.15, -0.1) is 0 Å². The molecular formula is C16H20Cl2O. The Labute approximate surface area is 124 Å². The molecule has 0 aliphatic heterocycles. The Morgan fingerprint density at radius 2 is 1.95 bits per heavy atom. The van der Waals surface area contributed by atoms with Gasteiger partial charge in [-0.1, -0.05) is 41.8 Å². The van der Waals surface area contributed by atoms with Crippen LogP contribution < -0.4 is 0 Å². The van der Waals surface area contributed by atoms with E-state index in [1.165, 1.54) is 19.3 Å². The molecule has 1 aromatic rings. The van der Waals surface area contributed by atoms with Gasteiger partial charge in [-0.05, 0) is 55.6 Å². The summed E-state index contributed by atoms with van der Waals surface area (Å²) in [5.41, 5.74) is 0.396. The second-order valence-corrected chi connectivity index (χ2v) is 7.09. The number of halogens is 2. The monoisotopic (exact) mass is 298 g/mol. The van der Waals surface area contributed by atoms with Crippen molar-refractivity contribution in [2.75, 3.05) is 0 Å². The summed E-state index contributed by atoms with van der Waals surface area (Å²) < 4.78 is 0. The van der Waals surface area contributed by atoms with Crippen LogP contribution >= 0.6 is 23.2 Å². The van der Waals surface area contributed by atoms with Gasteiger partial charge in [-0.25, -0.2) is 0 Å². The molecule has 2 atom stereocenters. The topological polar surface area (TPSA) is 20.2 Å². The molecule has 0 heterocycles. The Bertz CT molecular complexity index is 470. The van der Waals surface area contributed by atoms with E-state index in [1.807, 2.05) is 12.1 Å². The first-order chi connectivity index (χ1) is 9.07. The zero-order chi connectivity index (χ0) is 13.5. The van der Waals surface area contributed by atoms with Gasteiger partial charge in [0, 0.05) is 6.42 Å². The van der Waals surface area contributed by atoms with Crippen LogP contribution in [0.4, 0.5) is 0 Å². The summed E-state index contributed by atoms with van der Waals surface area (Å²) in [6.45, 7) is 0. The van der Waals surface area contributed by atoms with Crippen LogP contribution in [0.5, 0.6) is 0 Å². The van der Waals surface area contributed by atoms with Gasteiger partial charge in [0.15, 0.2) is 0 Å². The van der Waals surface area contributed by atoms with Crippen LogP contribution in [-0.4, -0.2) is 10.7 Å². The predicted octanol–water partition coefficient (Wildman–Crippen LogP) is 4.87. The summed E-state index contributed by atoms with van der Waals surface area (Å²) in [6, 6.07) is 5.69. The summed E-state index contributed by atoms with van der Waals surface area (Å²) in [6.07, 6.45) is 7.60. The van der Waals surface area contributed by atoms with Crippen molar-refractivity contribution in [2.45, 2.75) is 50.5 Å². The molecular weight excluding hydrogens is 279 g/mol. The smallest absolute Gasteiger partial charge is 0.0691 e. The molecule has 3 heteroatoms. The van der Waals surface area contributed by atoms with Crippen LogP contribution in [0.2, 0.25) is 10.0 Å². The quantitative estimate of drug-likeness (QED) is 0.844. The molecule has 2 saturated carbocycles. The van der Waals surface area contributed by atoms with Gasteiger partial charge < -0.3 is 5.11 Å². The molecule has 0 bridgehead atoms. The highest BCUT2D eigenvalue weighted by molar-refractivity contribution is 6.42. The summed E-state index contributed by atoms with van der Waals surface area (Å²) >= 11 is 12.3. The Hall–Kier alpha value is -0.240. The van der Waals surface area contributed by atoms with E-state index >= 15 is 0 Å². The summed E-state index contributed by atoms with van der Waals surface area (Å²) in [4.78, 5) is 0. The maximum absolute atomic E-state index is 10.9. The maximum Gasteiger partial charge on any atom is 0.0691 e. The zero-order valence-electron chi connectivity index (χ0n) is 11.0. The summed E-state index contributed by atoms with van der Waals surface area (Å²) in [5, 5.41) is 12.1. The van der Waals surface area contributed by atoms with E-state index in [4.69, 9.17) is 23.2 Å². The van der Waals surface area contributed by atoms with Gasteiger partial charge in [0.05, 0.1) is 15.6 Å². The van der Waals surface area contributed by atoms with Crippen molar-refractivity contribution >= 4 is 23.2 Å². The summed E-state index contributed by atoms with van der Waals surface area (Å²) in [7, 11) is 0. The molecule has 0 aromatic heterocycles. The highest BCUT2D eigenvalue weighted by Crippen LogP contribution is 2.47. The molecule has 1 aromatic carbocycles. The molecule has 1 nitrogen and oxygen atoms in total. The Kier molecular flexibility index (Phi) is 3.81. The number of hydrogen-bond donors (Lipinski definition) is 1. The Morgan fingerprint density at radius 1 is 1.16 bits per heavy atom. The van der Waals surface area contributed by atoms with E-state index in [0.717, 1.165) is 36.7 Å². The third-order valence-electron chi connectivity index (χ3n) is 4.70. The fourth-order valence-electron chi connectivity index (χ4n) is 3.56. The number of benzene rings is 1. The Balaban J connectivity index is 1.75. The fourth-order valence-corrected chi connectivity index (χ4v) is 3.94. The lowest BCUT2D eigenvalue weighted by molar-refractivity contribution is -0.0195. The molecule has 104 valence electrons. The van der Waals surface area contributed by atoms with Gasteiger partial charge in [-0.2, -0.15) is 0 Å². The largest absolute Gasteiger partial charge is 0.390 e. The van der Waals surface area contributed by atoms with Crippen molar-refractivity contribution in [3.05, 3.63) is 33.8 Å². The van der Waals surface area contributed by atoms with E-state index in [2.05, 4.69) is 0 Å². The van der Waals surface area contributed by atoms with Gasteiger partial charge in [0.2, 0.25) is 0 Å². The zero-order valence-corrected chi connectivity index (χ0v) is 12.6. The lowest BCUT2D eigenvalue weighted by Crippen LogP contribution is -2.38. The highest BCUT2D eigenvalue weighted by Gasteiger charge is 2.41. The number of hydrogen-bond acceptors (Lipinski definition) is 1. The fraction of sp³-hybridized carbons (Fsp3) is 0.625. The normalized spacial score (nSPS) is 31.4. The van der Waals surface area contributed by atoms with Gasteiger partial charge in [0.1, 0.15) is 0 Å². The second kappa shape index (κ2) is 5.27. The van der Waals surface area contributed by atoms with Crippen LogP contribution in [0.15, 0.2) is 18.2 Å². The molecule has 0 saturated heterocycles. The third kappa shape index (κ3) is 3.09. The van der Waals surface area contributed by atoms with Crippen molar-refractivity contribution in [3.8, 4) is 0 Å². The number of aliphatic hydroxyl groups is 1. The number of rotatable bonds is 3. The maximum atomic E-state index is 10.9. The van der Waals surface area contributed by atoms with E-state index < -0.39 is 5.60 Å². The standard InChI is InChI=1S/C16H20Cl2O/c17-14-5-1-3-13(15(14)18)10-16(19)8-2-4-12(9-16)11-6-7-11/h1,3,5,11-12,19H,2,4,6-10H2. The van der Waals surface area contributed by atoms with Gasteiger partial charge in [-0.3, -0.25) is 0 Å². The average molecular weight is 299 g/mol. The average Bonchev–Trinajstić information content (AvgIpc) is 3.19. The van der Waals surface area contributed by atoms with Crippen molar-refractivity contribution in [1.82, 2.24) is 0 Å². The third-order valence-corrected chi connectivity index (χ3v) is 5.56. The molecule has 19 heavy (non-hydrogen) atoms. The minimum Gasteiger partial charge on any atom is -0.390 e.